The lowest BCUT2D eigenvalue weighted by Crippen LogP contribution is -2.45. The maximum atomic E-state index is 12.1. The minimum atomic E-state index is -0.845. The lowest BCUT2D eigenvalue weighted by Gasteiger charge is -2.27. The molecule has 1 N–H and O–H groups in total. The van der Waals surface area contributed by atoms with Crippen molar-refractivity contribution in [3.05, 3.63) is 12.2 Å². The summed E-state index contributed by atoms with van der Waals surface area (Å²) < 4.78 is 0. The Bertz CT molecular complexity index is 296. The third-order valence-electron chi connectivity index (χ3n) is 3.18. The highest BCUT2D eigenvalue weighted by Crippen LogP contribution is 2.34. The lowest BCUT2D eigenvalue weighted by molar-refractivity contribution is -0.140. The number of carbonyl (C=O) groups excluding carboxylic acids is 2. The molecule has 0 aromatic rings. The molecule has 1 aliphatic heterocycles. The van der Waals surface area contributed by atoms with Crippen LogP contribution in [-0.2, 0) is 9.59 Å². The Morgan fingerprint density at radius 2 is 2.20 bits per heavy atom. The van der Waals surface area contributed by atoms with Crippen molar-refractivity contribution in [2.45, 2.75) is 39.5 Å². The summed E-state index contributed by atoms with van der Waals surface area (Å²) in [6, 6.07) is 0. The first-order valence-electron chi connectivity index (χ1n) is 5.53. The lowest BCUT2D eigenvalue weighted by atomic mass is 9.74. The first-order chi connectivity index (χ1) is 7.04. The summed E-state index contributed by atoms with van der Waals surface area (Å²) in [6.45, 7) is 7.92. The number of amides is 1. The van der Waals surface area contributed by atoms with E-state index in [4.69, 9.17) is 0 Å². The molecule has 84 valence electrons. The summed E-state index contributed by atoms with van der Waals surface area (Å²) in [6.07, 6.45) is 3.09. The van der Waals surface area contributed by atoms with Crippen molar-refractivity contribution in [3.8, 4) is 0 Å². The largest absolute Gasteiger partial charge is 0.355 e. The predicted octanol–water partition coefficient (Wildman–Crippen LogP) is 1.83. The highest BCUT2D eigenvalue weighted by atomic mass is 16.2. The minimum Gasteiger partial charge on any atom is -0.355 e. The summed E-state index contributed by atoms with van der Waals surface area (Å²) in [4.78, 5) is 24.0. The average Bonchev–Trinajstić information content (AvgIpc) is 2.40. The molecular formula is C12H19NO2. The molecule has 1 heterocycles. The van der Waals surface area contributed by atoms with E-state index in [1.807, 2.05) is 6.92 Å². The molecule has 0 saturated carbocycles. The Morgan fingerprint density at radius 3 is 2.73 bits per heavy atom. The van der Waals surface area contributed by atoms with Gasteiger partial charge in [-0.25, -0.2) is 0 Å². The summed E-state index contributed by atoms with van der Waals surface area (Å²) in [7, 11) is 0. The van der Waals surface area contributed by atoms with E-state index in [9.17, 15) is 9.59 Å². The van der Waals surface area contributed by atoms with Crippen LogP contribution in [0.3, 0.4) is 0 Å². The van der Waals surface area contributed by atoms with E-state index in [1.165, 1.54) is 0 Å². The van der Waals surface area contributed by atoms with Crippen LogP contribution in [0.25, 0.3) is 0 Å². The van der Waals surface area contributed by atoms with Crippen molar-refractivity contribution < 1.29 is 9.59 Å². The SMILES string of the molecule is C=C(C)C(=O)C1(CC)CCCCNC1=O. The van der Waals surface area contributed by atoms with Crippen LogP contribution in [0.4, 0.5) is 0 Å². The Hall–Kier alpha value is -1.12. The Balaban J connectivity index is 3.03. The number of rotatable bonds is 3. The number of hydrogen-bond acceptors (Lipinski definition) is 2. The van der Waals surface area contributed by atoms with E-state index in [2.05, 4.69) is 11.9 Å². The van der Waals surface area contributed by atoms with Crippen molar-refractivity contribution in [2.75, 3.05) is 6.54 Å². The molecule has 0 aromatic heterocycles. The monoisotopic (exact) mass is 209 g/mol. The summed E-state index contributed by atoms with van der Waals surface area (Å²) in [5, 5.41) is 2.82. The molecule has 0 spiro atoms. The number of hydrogen-bond donors (Lipinski definition) is 1. The molecule has 1 amide bonds. The molecule has 1 aliphatic rings. The molecule has 0 bridgehead atoms. The van der Waals surface area contributed by atoms with Crippen molar-refractivity contribution in [2.24, 2.45) is 5.41 Å². The van der Waals surface area contributed by atoms with Crippen LogP contribution in [0.5, 0.6) is 0 Å². The van der Waals surface area contributed by atoms with E-state index in [0.717, 1.165) is 12.8 Å². The van der Waals surface area contributed by atoms with Gasteiger partial charge >= 0.3 is 0 Å². The van der Waals surface area contributed by atoms with Crippen LogP contribution in [0.2, 0.25) is 0 Å². The second-order valence-corrected chi connectivity index (χ2v) is 4.26. The predicted molar refractivity (Wildman–Crippen MR) is 59.4 cm³/mol. The van der Waals surface area contributed by atoms with Crippen LogP contribution < -0.4 is 5.32 Å². The number of Topliss-reactive ketones (excluding diaryl/α,β-unsaturated/α-hetero) is 1. The van der Waals surface area contributed by atoms with E-state index in [-0.39, 0.29) is 11.7 Å². The fourth-order valence-electron chi connectivity index (χ4n) is 2.16. The highest BCUT2D eigenvalue weighted by Gasteiger charge is 2.44. The molecule has 1 saturated heterocycles. The number of allylic oxidation sites excluding steroid dienone is 1. The zero-order valence-electron chi connectivity index (χ0n) is 9.56. The van der Waals surface area contributed by atoms with Gasteiger partial charge in [0.05, 0.1) is 0 Å². The molecule has 1 fully saturated rings. The van der Waals surface area contributed by atoms with Gasteiger partial charge in [0.15, 0.2) is 5.78 Å². The maximum Gasteiger partial charge on any atom is 0.234 e. The van der Waals surface area contributed by atoms with Crippen LogP contribution in [0.1, 0.15) is 39.5 Å². The van der Waals surface area contributed by atoms with Gasteiger partial charge in [0.2, 0.25) is 5.91 Å². The smallest absolute Gasteiger partial charge is 0.234 e. The maximum absolute atomic E-state index is 12.1. The van der Waals surface area contributed by atoms with Gasteiger partial charge in [-0.15, -0.1) is 0 Å². The molecule has 3 heteroatoms. The molecule has 0 radical (unpaired) electrons. The third-order valence-corrected chi connectivity index (χ3v) is 3.18. The zero-order valence-corrected chi connectivity index (χ0v) is 9.56. The van der Waals surface area contributed by atoms with Gasteiger partial charge in [-0.2, -0.15) is 0 Å². The normalized spacial score (nSPS) is 26.7. The summed E-state index contributed by atoms with van der Waals surface area (Å²) in [5.41, 5.74) is -0.364. The second-order valence-electron chi connectivity index (χ2n) is 4.26. The topological polar surface area (TPSA) is 46.2 Å². The minimum absolute atomic E-state index is 0.0931. The first kappa shape index (κ1) is 12.0. The molecule has 3 nitrogen and oxygen atoms in total. The Labute approximate surface area is 90.9 Å². The van der Waals surface area contributed by atoms with Crippen molar-refractivity contribution in [1.82, 2.24) is 5.32 Å². The highest BCUT2D eigenvalue weighted by molar-refractivity contribution is 6.13. The molecule has 15 heavy (non-hydrogen) atoms. The second kappa shape index (κ2) is 4.60. The van der Waals surface area contributed by atoms with Crippen molar-refractivity contribution >= 4 is 11.7 Å². The number of carbonyl (C=O) groups is 2. The van der Waals surface area contributed by atoms with Gasteiger partial charge in [-0.3, -0.25) is 9.59 Å². The number of nitrogens with one attached hydrogen (secondary N) is 1. The van der Waals surface area contributed by atoms with Crippen LogP contribution in [0, 0.1) is 5.41 Å². The standard InChI is InChI=1S/C12H19NO2/c1-4-12(10(14)9(2)3)7-5-6-8-13-11(12)15/h2,4-8H2,1,3H3,(H,13,15). The molecule has 0 aliphatic carbocycles. The fraction of sp³-hybridized carbons (Fsp3) is 0.667. The summed E-state index contributed by atoms with van der Waals surface area (Å²) in [5.74, 6) is -0.208. The fourth-order valence-corrected chi connectivity index (χ4v) is 2.16. The van der Waals surface area contributed by atoms with Gasteiger partial charge in [0.25, 0.3) is 0 Å². The van der Waals surface area contributed by atoms with Crippen molar-refractivity contribution in [1.29, 1.82) is 0 Å². The van der Waals surface area contributed by atoms with Gasteiger partial charge in [0.1, 0.15) is 5.41 Å². The van der Waals surface area contributed by atoms with Crippen molar-refractivity contribution in [3.63, 3.8) is 0 Å². The van der Waals surface area contributed by atoms with Gasteiger partial charge in [-0.05, 0) is 31.8 Å². The average molecular weight is 209 g/mol. The number of ketones is 1. The van der Waals surface area contributed by atoms with Gasteiger partial charge in [-0.1, -0.05) is 19.9 Å². The first-order valence-corrected chi connectivity index (χ1v) is 5.53. The molecule has 1 unspecified atom stereocenters. The zero-order chi connectivity index (χ0) is 11.5. The van der Waals surface area contributed by atoms with Crippen LogP contribution in [-0.4, -0.2) is 18.2 Å². The Kier molecular flexibility index (Phi) is 3.66. The third kappa shape index (κ3) is 2.11. The van der Waals surface area contributed by atoms with E-state index in [1.54, 1.807) is 6.92 Å². The molecule has 0 aromatic carbocycles. The molecule has 1 rings (SSSR count). The Morgan fingerprint density at radius 1 is 1.53 bits per heavy atom. The van der Waals surface area contributed by atoms with E-state index < -0.39 is 5.41 Å². The molecule has 1 atom stereocenters. The van der Waals surface area contributed by atoms with E-state index >= 15 is 0 Å². The summed E-state index contributed by atoms with van der Waals surface area (Å²) >= 11 is 0. The van der Waals surface area contributed by atoms with Gasteiger partial charge < -0.3 is 5.32 Å². The van der Waals surface area contributed by atoms with Crippen LogP contribution in [0.15, 0.2) is 12.2 Å². The quantitative estimate of drug-likeness (QED) is 0.569. The van der Waals surface area contributed by atoms with Crippen LogP contribution >= 0.6 is 0 Å². The molecular weight excluding hydrogens is 190 g/mol. The van der Waals surface area contributed by atoms with E-state index in [0.29, 0.717) is 25.0 Å². The van der Waals surface area contributed by atoms with Gasteiger partial charge in [0, 0.05) is 6.54 Å².